The predicted molar refractivity (Wildman–Crippen MR) is 45.6 cm³/mol. The number of aryl methyl sites for hydroxylation is 2. The summed E-state index contributed by atoms with van der Waals surface area (Å²) in [4.78, 5) is 0. The van der Waals surface area contributed by atoms with Crippen molar-refractivity contribution in [2.24, 2.45) is 7.05 Å². The van der Waals surface area contributed by atoms with Gasteiger partial charge in [-0.25, -0.2) is 0 Å². The van der Waals surface area contributed by atoms with Crippen molar-refractivity contribution in [3.63, 3.8) is 0 Å². The Labute approximate surface area is 70.6 Å². The predicted octanol–water partition coefficient (Wildman–Crippen LogP) is 1.99. The highest BCUT2D eigenvalue weighted by atomic mass is 16.3. The molecule has 0 fully saturated rings. The molecule has 0 aliphatic rings. The Hall–Kier alpha value is -1.51. The second-order valence-corrected chi connectivity index (χ2v) is 2.73. The van der Waals surface area contributed by atoms with E-state index in [1.807, 2.05) is 30.8 Å². The number of nitrogens with zero attached hydrogens (tertiary/aromatic N) is 2. The molecule has 62 valence electrons. The van der Waals surface area contributed by atoms with E-state index in [-0.39, 0.29) is 0 Å². The van der Waals surface area contributed by atoms with Crippen LogP contribution in [0, 0.1) is 6.92 Å². The average Bonchev–Trinajstić information content (AvgIpc) is 2.59. The van der Waals surface area contributed by atoms with Gasteiger partial charge in [0.2, 0.25) is 0 Å². The van der Waals surface area contributed by atoms with Gasteiger partial charge in [0.25, 0.3) is 0 Å². The fourth-order valence-corrected chi connectivity index (χ4v) is 1.29. The fraction of sp³-hybridized carbons (Fsp3) is 0.222. The van der Waals surface area contributed by atoms with Crippen molar-refractivity contribution in [1.29, 1.82) is 0 Å². The van der Waals surface area contributed by atoms with Crippen molar-refractivity contribution < 1.29 is 4.42 Å². The van der Waals surface area contributed by atoms with Crippen molar-refractivity contribution in [2.75, 3.05) is 0 Å². The molecule has 0 bridgehead atoms. The van der Waals surface area contributed by atoms with Crippen molar-refractivity contribution >= 4 is 0 Å². The molecule has 3 heteroatoms. The lowest BCUT2D eigenvalue weighted by atomic mass is 10.2. The first-order valence-electron chi connectivity index (χ1n) is 3.81. The summed E-state index contributed by atoms with van der Waals surface area (Å²) < 4.78 is 7.03. The van der Waals surface area contributed by atoms with E-state index in [0.717, 1.165) is 17.0 Å². The van der Waals surface area contributed by atoms with Crippen LogP contribution in [0.15, 0.2) is 29.0 Å². The number of hydrogen-bond donors (Lipinski definition) is 0. The van der Waals surface area contributed by atoms with Crippen LogP contribution in [-0.2, 0) is 7.05 Å². The van der Waals surface area contributed by atoms with Crippen LogP contribution in [0.3, 0.4) is 0 Å². The molecule has 2 aromatic rings. The number of furan rings is 1. The normalized spacial score (nSPS) is 10.5. The molecule has 2 heterocycles. The Morgan fingerprint density at radius 1 is 1.42 bits per heavy atom. The molecule has 0 aromatic carbocycles. The molecule has 0 aliphatic heterocycles. The van der Waals surface area contributed by atoms with Crippen LogP contribution >= 0.6 is 0 Å². The standard InChI is InChI=1S/C9H10N2O/c1-7-8(4-6-12-7)9-3-5-10-11(9)2/h3-6H,1-2H3. The number of hydrogen-bond acceptors (Lipinski definition) is 2. The molecule has 0 N–H and O–H groups in total. The summed E-state index contributed by atoms with van der Waals surface area (Å²) in [7, 11) is 1.92. The molecule has 3 nitrogen and oxygen atoms in total. The van der Waals surface area contributed by atoms with Gasteiger partial charge < -0.3 is 4.42 Å². The molecule has 2 rings (SSSR count). The SMILES string of the molecule is Cc1occc1-c1ccnn1C. The molecule has 0 atom stereocenters. The molecule has 0 radical (unpaired) electrons. The van der Waals surface area contributed by atoms with Gasteiger partial charge in [0.05, 0.1) is 12.0 Å². The lowest BCUT2D eigenvalue weighted by molar-refractivity contribution is 0.535. The first kappa shape index (κ1) is 7.16. The summed E-state index contributed by atoms with van der Waals surface area (Å²) in [5, 5.41) is 4.09. The fourth-order valence-electron chi connectivity index (χ4n) is 1.29. The highest BCUT2D eigenvalue weighted by Gasteiger charge is 2.06. The summed E-state index contributed by atoms with van der Waals surface area (Å²) in [5.41, 5.74) is 2.19. The van der Waals surface area contributed by atoms with Gasteiger partial charge >= 0.3 is 0 Å². The van der Waals surface area contributed by atoms with Crippen LogP contribution < -0.4 is 0 Å². The molecular formula is C9H10N2O. The maximum atomic E-state index is 5.20. The van der Waals surface area contributed by atoms with Crippen LogP contribution in [0.5, 0.6) is 0 Å². The maximum absolute atomic E-state index is 5.20. The van der Waals surface area contributed by atoms with E-state index in [1.165, 1.54) is 0 Å². The molecule has 0 spiro atoms. The summed E-state index contributed by atoms with van der Waals surface area (Å²) in [6, 6.07) is 3.92. The van der Waals surface area contributed by atoms with E-state index in [1.54, 1.807) is 12.5 Å². The molecule has 0 unspecified atom stereocenters. The summed E-state index contributed by atoms with van der Waals surface area (Å²) in [6.07, 6.45) is 3.47. The van der Waals surface area contributed by atoms with Gasteiger partial charge in [-0.05, 0) is 19.1 Å². The lowest BCUT2D eigenvalue weighted by Gasteiger charge is -1.98. The molecule has 12 heavy (non-hydrogen) atoms. The first-order chi connectivity index (χ1) is 5.79. The molecule has 0 amide bonds. The van der Waals surface area contributed by atoms with Gasteiger partial charge in [0, 0.05) is 18.8 Å². The third kappa shape index (κ3) is 0.942. The summed E-state index contributed by atoms with van der Waals surface area (Å²) >= 11 is 0. The number of rotatable bonds is 1. The second kappa shape index (κ2) is 2.52. The van der Waals surface area contributed by atoms with Gasteiger partial charge in [-0.3, -0.25) is 4.68 Å². The van der Waals surface area contributed by atoms with Gasteiger partial charge in [-0.1, -0.05) is 0 Å². The van der Waals surface area contributed by atoms with Crippen LogP contribution in [-0.4, -0.2) is 9.78 Å². The quantitative estimate of drug-likeness (QED) is 0.642. The zero-order chi connectivity index (χ0) is 8.55. The maximum Gasteiger partial charge on any atom is 0.110 e. The van der Waals surface area contributed by atoms with Crippen LogP contribution in [0.25, 0.3) is 11.3 Å². The molecule has 2 aromatic heterocycles. The van der Waals surface area contributed by atoms with Crippen LogP contribution in [0.1, 0.15) is 5.76 Å². The minimum Gasteiger partial charge on any atom is -0.469 e. The van der Waals surface area contributed by atoms with Crippen LogP contribution in [0.4, 0.5) is 0 Å². The Morgan fingerprint density at radius 2 is 2.25 bits per heavy atom. The minimum absolute atomic E-state index is 0.929. The van der Waals surface area contributed by atoms with E-state index in [2.05, 4.69) is 5.10 Å². The van der Waals surface area contributed by atoms with E-state index in [0.29, 0.717) is 0 Å². The van der Waals surface area contributed by atoms with E-state index >= 15 is 0 Å². The molecule has 0 aliphatic carbocycles. The van der Waals surface area contributed by atoms with Crippen molar-refractivity contribution in [2.45, 2.75) is 6.92 Å². The molecule has 0 saturated heterocycles. The highest BCUT2D eigenvalue weighted by Crippen LogP contribution is 2.22. The van der Waals surface area contributed by atoms with E-state index < -0.39 is 0 Å². The van der Waals surface area contributed by atoms with Crippen molar-refractivity contribution in [3.05, 3.63) is 30.4 Å². The van der Waals surface area contributed by atoms with Crippen LogP contribution in [0.2, 0.25) is 0 Å². The average molecular weight is 162 g/mol. The largest absolute Gasteiger partial charge is 0.469 e. The lowest BCUT2D eigenvalue weighted by Crippen LogP contribution is -1.92. The topological polar surface area (TPSA) is 31.0 Å². The van der Waals surface area contributed by atoms with Gasteiger partial charge in [0.1, 0.15) is 5.76 Å². The minimum atomic E-state index is 0.929. The monoisotopic (exact) mass is 162 g/mol. The van der Waals surface area contributed by atoms with Crippen molar-refractivity contribution in [3.8, 4) is 11.3 Å². The third-order valence-electron chi connectivity index (χ3n) is 1.96. The summed E-state index contributed by atoms with van der Waals surface area (Å²) in [5.74, 6) is 0.929. The second-order valence-electron chi connectivity index (χ2n) is 2.73. The van der Waals surface area contributed by atoms with Gasteiger partial charge in [-0.2, -0.15) is 5.10 Å². The van der Waals surface area contributed by atoms with Gasteiger partial charge in [0.15, 0.2) is 0 Å². The Morgan fingerprint density at radius 3 is 2.75 bits per heavy atom. The zero-order valence-electron chi connectivity index (χ0n) is 7.11. The Bertz CT molecular complexity index is 348. The first-order valence-corrected chi connectivity index (χ1v) is 3.81. The zero-order valence-corrected chi connectivity index (χ0v) is 7.11. The summed E-state index contributed by atoms with van der Waals surface area (Å²) in [6.45, 7) is 1.95. The number of aromatic nitrogens is 2. The molecule has 0 saturated carbocycles. The van der Waals surface area contributed by atoms with E-state index in [9.17, 15) is 0 Å². The smallest absolute Gasteiger partial charge is 0.110 e. The van der Waals surface area contributed by atoms with Crippen molar-refractivity contribution in [1.82, 2.24) is 9.78 Å². The van der Waals surface area contributed by atoms with Gasteiger partial charge in [-0.15, -0.1) is 0 Å². The highest BCUT2D eigenvalue weighted by molar-refractivity contribution is 5.60. The third-order valence-corrected chi connectivity index (χ3v) is 1.96. The van der Waals surface area contributed by atoms with E-state index in [4.69, 9.17) is 4.42 Å². The molecular weight excluding hydrogens is 152 g/mol. The Kier molecular flexibility index (Phi) is 1.50. The Balaban J connectivity index is 2.57.